The Morgan fingerprint density at radius 2 is 1.93 bits per heavy atom. The standard InChI is InChI=1S/C12H26IN/c1-3-5-8-12(4-2)11-14-10-7-6-9-13/h12,14H,3-11H2,1-2H3. The van der Waals surface area contributed by atoms with Crippen molar-refractivity contribution in [3.05, 3.63) is 0 Å². The first-order valence-electron chi connectivity index (χ1n) is 6.11. The minimum Gasteiger partial charge on any atom is -0.316 e. The summed E-state index contributed by atoms with van der Waals surface area (Å²) < 4.78 is 1.30. The van der Waals surface area contributed by atoms with E-state index in [2.05, 4.69) is 41.8 Å². The van der Waals surface area contributed by atoms with Gasteiger partial charge in [-0.3, -0.25) is 0 Å². The second-order valence-corrected chi connectivity index (χ2v) is 5.10. The third-order valence-corrected chi connectivity index (χ3v) is 3.48. The number of alkyl halides is 1. The Kier molecular flexibility index (Phi) is 12.3. The van der Waals surface area contributed by atoms with E-state index in [4.69, 9.17) is 0 Å². The fourth-order valence-corrected chi connectivity index (χ4v) is 2.13. The average molecular weight is 311 g/mol. The highest BCUT2D eigenvalue weighted by atomic mass is 127. The van der Waals surface area contributed by atoms with Gasteiger partial charge in [0, 0.05) is 0 Å². The fourth-order valence-electron chi connectivity index (χ4n) is 1.59. The van der Waals surface area contributed by atoms with Crippen molar-refractivity contribution in [3.8, 4) is 0 Å². The van der Waals surface area contributed by atoms with Crippen LogP contribution in [0.1, 0.15) is 52.4 Å². The molecule has 1 nitrogen and oxygen atoms in total. The first kappa shape index (κ1) is 14.7. The molecule has 86 valence electrons. The van der Waals surface area contributed by atoms with Gasteiger partial charge in [0.05, 0.1) is 0 Å². The Morgan fingerprint density at radius 1 is 1.14 bits per heavy atom. The van der Waals surface area contributed by atoms with Gasteiger partial charge in [0.25, 0.3) is 0 Å². The number of rotatable bonds is 10. The molecule has 0 rings (SSSR count). The molecule has 0 aromatic rings. The van der Waals surface area contributed by atoms with E-state index in [1.165, 1.54) is 56.0 Å². The molecule has 0 radical (unpaired) electrons. The molecule has 0 fully saturated rings. The van der Waals surface area contributed by atoms with Gasteiger partial charge in [-0.1, -0.05) is 55.7 Å². The summed E-state index contributed by atoms with van der Waals surface area (Å²) in [5.74, 6) is 0.912. The smallest absolute Gasteiger partial charge is 0.000426 e. The van der Waals surface area contributed by atoms with Crippen LogP contribution in [0.25, 0.3) is 0 Å². The van der Waals surface area contributed by atoms with Crippen LogP contribution in [0.15, 0.2) is 0 Å². The third-order valence-electron chi connectivity index (χ3n) is 2.71. The fraction of sp³-hybridized carbons (Fsp3) is 1.00. The van der Waals surface area contributed by atoms with Crippen molar-refractivity contribution in [2.75, 3.05) is 17.5 Å². The summed E-state index contributed by atoms with van der Waals surface area (Å²) in [6.07, 6.45) is 8.18. The van der Waals surface area contributed by atoms with Crippen LogP contribution in [0.3, 0.4) is 0 Å². The van der Waals surface area contributed by atoms with Gasteiger partial charge in [0.1, 0.15) is 0 Å². The van der Waals surface area contributed by atoms with Crippen molar-refractivity contribution in [2.24, 2.45) is 5.92 Å². The van der Waals surface area contributed by atoms with Crippen molar-refractivity contribution in [1.29, 1.82) is 0 Å². The number of nitrogens with one attached hydrogen (secondary N) is 1. The Hall–Kier alpha value is 0.690. The van der Waals surface area contributed by atoms with Gasteiger partial charge < -0.3 is 5.32 Å². The molecule has 0 aliphatic rings. The lowest BCUT2D eigenvalue weighted by molar-refractivity contribution is 0.418. The average Bonchev–Trinajstić information content (AvgIpc) is 2.22. The van der Waals surface area contributed by atoms with Gasteiger partial charge in [-0.05, 0) is 42.7 Å². The van der Waals surface area contributed by atoms with Crippen LogP contribution in [-0.4, -0.2) is 17.5 Å². The maximum atomic E-state index is 3.58. The molecule has 0 aliphatic heterocycles. The van der Waals surface area contributed by atoms with E-state index in [1.807, 2.05) is 0 Å². The van der Waals surface area contributed by atoms with Crippen LogP contribution in [0.2, 0.25) is 0 Å². The van der Waals surface area contributed by atoms with E-state index in [0.717, 1.165) is 5.92 Å². The lowest BCUT2D eigenvalue weighted by Gasteiger charge is -2.14. The SMILES string of the molecule is CCCCC(CC)CNCCCCI. The molecule has 2 heteroatoms. The Labute approximate surface area is 104 Å². The Bertz CT molecular complexity index is 106. The molecule has 0 spiro atoms. The summed E-state index contributed by atoms with van der Waals surface area (Å²) in [6, 6.07) is 0. The molecule has 1 atom stereocenters. The summed E-state index contributed by atoms with van der Waals surface area (Å²) in [6.45, 7) is 7.04. The summed E-state index contributed by atoms with van der Waals surface area (Å²) in [4.78, 5) is 0. The van der Waals surface area contributed by atoms with E-state index in [1.54, 1.807) is 0 Å². The van der Waals surface area contributed by atoms with Crippen LogP contribution < -0.4 is 5.32 Å². The van der Waals surface area contributed by atoms with Crippen LogP contribution in [-0.2, 0) is 0 Å². The zero-order valence-corrected chi connectivity index (χ0v) is 12.0. The quantitative estimate of drug-likeness (QED) is 0.365. The Balaban J connectivity index is 3.24. The largest absolute Gasteiger partial charge is 0.316 e. The predicted octanol–water partition coefficient (Wildman–Crippen LogP) is 4.01. The first-order chi connectivity index (χ1) is 6.85. The van der Waals surface area contributed by atoms with Crippen LogP contribution in [0, 0.1) is 5.92 Å². The molecular formula is C12H26IN. The maximum absolute atomic E-state index is 3.58. The molecule has 0 amide bonds. The highest BCUT2D eigenvalue weighted by molar-refractivity contribution is 14.1. The van der Waals surface area contributed by atoms with E-state index in [9.17, 15) is 0 Å². The summed E-state index contributed by atoms with van der Waals surface area (Å²) in [5, 5.41) is 3.58. The van der Waals surface area contributed by atoms with Crippen molar-refractivity contribution in [2.45, 2.75) is 52.4 Å². The topological polar surface area (TPSA) is 12.0 Å². The van der Waals surface area contributed by atoms with Gasteiger partial charge in [-0.25, -0.2) is 0 Å². The molecule has 14 heavy (non-hydrogen) atoms. The van der Waals surface area contributed by atoms with Crippen LogP contribution in [0.5, 0.6) is 0 Å². The monoisotopic (exact) mass is 311 g/mol. The second-order valence-electron chi connectivity index (χ2n) is 4.02. The number of hydrogen-bond donors (Lipinski definition) is 1. The minimum atomic E-state index is 0.912. The molecule has 0 aliphatic carbocycles. The lowest BCUT2D eigenvalue weighted by Crippen LogP contribution is -2.23. The normalized spacial score (nSPS) is 13.1. The molecule has 1 unspecified atom stereocenters. The molecule has 0 heterocycles. The van der Waals surface area contributed by atoms with Gasteiger partial charge >= 0.3 is 0 Å². The predicted molar refractivity (Wildman–Crippen MR) is 74.3 cm³/mol. The highest BCUT2D eigenvalue weighted by Gasteiger charge is 2.04. The van der Waals surface area contributed by atoms with Crippen molar-refractivity contribution >= 4 is 22.6 Å². The molecule has 0 aromatic heterocycles. The first-order valence-corrected chi connectivity index (χ1v) is 7.64. The molecule has 0 aromatic carbocycles. The molecule has 0 bridgehead atoms. The van der Waals surface area contributed by atoms with Crippen LogP contribution in [0.4, 0.5) is 0 Å². The molecule has 1 N–H and O–H groups in total. The van der Waals surface area contributed by atoms with Gasteiger partial charge in [-0.2, -0.15) is 0 Å². The summed E-state index contributed by atoms with van der Waals surface area (Å²) in [5.41, 5.74) is 0. The maximum Gasteiger partial charge on any atom is -0.000426 e. The Morgan fingerprint density at radius 3 is 2.50 bits per heavy atom. The van der Waals surface area contributed by atoms with Gasteiger partial charge in [0.2, 0.25) is 0 Å². The van der Waals surface area contributed by atoms with Crippen molar-refractivity contribution < 1.29 is 0 Å². The van der Waals surface area contributed by atoms with E-state index >= 15 is 0 Å². The zero-order chi connectivity index (χ0) is 10.6. The van der Waals surface area contributed by atoms with Crippen molar-refractivity contribution in [3.63, 3.8) is 0 Å². The number of hydrogen-bond acceptors (Lipinski definition) is 1. The minimum absolute atomic E-state index is 0.912. The van der Waals surface area contributed by atoms with Crippen LogP contribution >= 0.6 is 22.6 Å². The van der Waals surface area contributed by atoms with Gasteiger partial charge in [-0.15, -0.1) is 0 Å². The van der Waals surface area contributed by atoms with E-state index in [-0.39, 0.29) is 0 Å². The van der Waals surface area contributed by atoms with Crippen molar-refractivity contribution in [1.82, 2.24) is 5.32 Å². The summed E-state index contributed by atoms with van der Waals surface area (Å²) in [7, 11) is 0. The van der Waals surface area contributed by atoms with E-state index in [0.29, 0.717) is 0 Å². The number of unbranched alkanes of at least 4 members (excludes halogenated alkanes) is 2. The third kappa shape index (κ3) is 9.25. The number of halogens is 1. The molecular weight excluding hydrogens is 285 g/mol. The zero-order valence-electron chi connectivity index (χ0n) is 9.82. The molecule has 0 saturated carbocycles. The second kappa shape index (κ2) is 11.8. The summed E-state index contributed by atoms with van der Waals surface area (Å²) >= 11 is 2.45. The lowest BCUT2D eigenvalue weighted by atomic mass is 9.99. The van der Waals surface area contributed by atoms with Gasteiger partial charge in [0.15, 0.2) is 0 Å². The van der Waals surface area contributed by atoms with E-state index < -0.39 is 0 Å². The molecule has 0 saturated heterocycles. The highest BCUT2D eigenvalue weighted by Crippen LogP contribution is 2.11.